The molecular formula is C19H29N3O3S2. The third-order valence-corrected chi connectivity index (χ3v) is 8.30. The van der Waals surface area contributed by atoms with Gasteiger partial charge in [-0.1, -0.05) is 37.9 Å². The van der Waals surface area contributed by atoms with E-state index in [1.54, 1.807) is 16.4 Å². The van der Waals surface area contributed by atoms with E-state index in [1.807, 2.05) is 0 Å². The first kappa shape index (κ1) is 20.6. The van der Waals surface area contributed by atoms with Crippen LogP contribution in [0.1, 0.15) is 51.9 Å². The molecule has 6 nitrogen and oxygen atoms in total. The number of piperidine rings is 1. The Hall–Kier alpha value is -1.12. The molecule has 8 heteroatoms. The van der Waals surface area contributed by atoms with Crippen molar-refractivity contribution >= 4 is 27.7 Å². The number of sulfonamides is 1. The summed E-state index contributed by atoms with van der Waals surface area (Å²) in [7, 11) is -3.45. The summed E-state index contributed by atoms with van der Waals surface area (Å²) in [6.07, 6.45) is 8.97. The number of nitrogens with one attached hydrogen (secondary N) is 1. The van der Waals surface area contributed by atoms with E-state index >= 15 is 0 Å². The van der Waals surface area contributed by atoms with Gasteiger partial charge in [0, 0.05) is 25.3 Å². The summed E-state index contributed by atoms with van der Waals surface area (Å²) >= 11 is 1.34. The molecule has 0 radical (unpaired) electrons. The number of hydrogen-bond acceptors (Lipinski definition) is 5. The summed E-state index contributed by atoms with van der Waals surface area (Å²) in [5, 5.41) is 3.79. The van der Waals surface area contributed by atoms with Crippen LogP contribution in [-0.4, -0.2) is 48.5 Å². The maximum absolute atomic E-state index is 12.6. The fourth-order valence-corrected chi connectivity index (χ4v) is 5.89. The van der Waals surface area contributed by atoms with Crippen LogP contribution < -0.4 is 5.32 Å². The third-order valence-electron chi connectivity index (χ3n) is 5.47. The molecule has 1 N–H and O–H groups in total. The summed E-state index contributed by atoms with van der Waals surface area (Å²) in [5.74, 6) is 0.852. The normalized spacial score (nSPS) is 24.5. The number of amides is 1. The molecule has 1 aromatic heterocycles. The zero-order valence-electron chi connectivity index (χ0n) is 15.9. The highest BCUT2D eigenvalue weighted by atomic mass is 32.2. The Morgan fingerprint density at radius 2 is 1.93 bits per heavy atom. The Balaban J connectivity index is 1.52. The molecule has 0 bridgehead atoms. The van der Waals surface area contributed by atoms with Crippen molar-refractivity contribution in [3.8, 4) is 0 Å². The van der Waals surface area contributed by atoms with E-state index in [-0.39, 0.29) is 16.8 Å². The van der Waals surface area contributed by atoms with Crippen molar-refractivity contribution in [2.45, 2.75) is 67.8 Å². The van der Waals surface area contributed by atoms with Gasteiger partial charge < -0.3 is 5.32 Å². The predicted octanol–water partition coefficient (Wildman–Crippen LogP) is 3.04. The Morgan fingerprint density at radius 3 is 2.59 bits per heavy atom. The van der Waals surface area contributed by atoms with Gasteiger partial charge in [-0.05, 0) is 43.7 Å². The van der Waals surface area contributed by atoms with E-state index < -0.39 is 10.0 Å². The molecule has 1 aliphatic heterocycles. The molecule has 0 aromatic carbocycles. The first-order valence-corrected chi connectivity index (χ1v) is 12.3. The Bertz CT molecular complexity index is 731. The van der Waals surface area contributed by atoms with Crippen molar-refractivity contribution in [1.82, 2.24) is 14.6 Å². The molecule has 2 unspecified atom stereocenters. The molecule has 3 rings (SSSR count). The molecule has 1 saturated carbocycles. The summed E-state index contributed by atoms with van der Waals surface area (Å²) < 4.78 is 26.8. The Labute approximate surface area is 166 Å². The number of carbonyl (C=O) groups excluding carboxylic acids is 1. The Morgan fingerprint density at radius 1 is 1.19 bits per heavy atom. The number of nitrogens with zero attached hydrogens (tertiary/aromatic N) is 2. The SMILES string of the molecule is CC1CCCCC1NC(=O)CSc1ccc(S(=O)(=O)N2CCCCC2)cn1. The van der Waals surface area contributed by atoms with Crippen LogP contribution in [0.15, 0.2) is 28.3 Å². The highest BCUT2D eigenvalue weighted by molar-refractivity contribution is 7.99. The van der Waals surface area contributed by atoms with Gasteiger partial charge in [0.1, 0.15) is 4.90 Å². The van der Waals surface area contributed by atoms with Gasteiger partial charge in [-0.15, -0.1) is 0 Å². The lowest BCUT2D eigenvalue weighted by Crippen LogP contribution is -2.41. The van der Waals surface area contributed by atoms with Gasteiger partial charge in [0.2, 0.25) is 15.9 Å². The average Bonchev–Trinajstić information content (AvgIpc) is 2.69. The van der Waals surface area contributed by atoms with Crippen molar-refractivity contribution < 1.29 is 13.2 Å². The van der Waals surface area contributed by atoms with Crippen molar-refractivity contribution in [2.75, 3.05) is 18.8 Å². The van der Waals surface area contributed by atoms with Gasteiger partial charge in [0.25, 0.3) is 0 Å². The third kappa shape index (κ3) is 5.45. The highest BCUT2D eigenvalue weighted by Crippen LogP contribution is 2.25. The maximum Gasteiger partial charge on any atom is 0.244 e. The average molecular weight is 412 g/mol. The number of hydrogen-bond donors (Lipinski definition) is 1. The first-order chi connectivity index (χ1) is 13.0. The minimum absolute atomic E-state index is 0.0190. The summed E-state index contributed by atoms with van der Waals surface area (Å²) in [6, 6.07) is 3.56. The van der Waals surface area contributed by atoms with Crippen LogP contribution in [0.25, 0.3) is 0 Å². The van der Waals surface area contributed by atoms with E-state index in [0.717, 1.165) is 25.7 Å². The molecule has 2 atom stereocenters. The summed E-state index contributed by atoms with van der Waals surface area (Å²) in [5.41, 5.74) is 0. The molecular weight excluding hydrogens is 382 g/mol. The zero-order chi connectivity index (χ0) is 19.3. The van der Waals surface area contributed by atoms with Crippen LogP contribution in [0.5, 0.6) is 0 Å². The first-order valence-electron chi connectivity index (χ1n) is 9.85. The van der Waals surface area contributed by atoms with Crippen molar-refractivity contribution in [1.29, 1.82) is 0 Å². The number of pyridine rings is 1. The molecule has 1 aliphatic carbocycles. The predicted molar refractivity (Wildman–Crippen MR) is 107 cm³/mol. The number of thioether (sulfide) groups is 1. The topological polar surface area (TPSA) is 79.4 Å². The maximum atomic E-state index is 12.6. The molecule has 1 aromatic rings. The molecule has 27 heavy (non-hydrogen) atoms. The minimum atomic E-state index is -3.45. The largest absolute Gasteiger partial charge is 0.352 e. The second-order valence-corrected chi connectivity index (χ2v) is 10.5. The smallest absolute Gasteiger partial charge is 0.244 e. The lowest BCUT2D eigenvalue weighted by Gasteiger charge is -2.29. The lowest BCUT2D eigenvalue weighted by atomic mass is 9.86. The van der Waals surface area contributed by atoms with Crippen molar-refractivity contribution in [2.24, 2.45) is 5.92 Å². The van der Waals surface area contributed by atoms with Crippen LogP contribution in [-0.2, 0) is 14.8 Å². The number of aromatic nitrogens is 1. The van der Waals surface area contributed by atoms with E-state index in [2.05, 4.69) is 17.2 Å². The van der Waals surface area contributed by atoms with E-state index in [0.29, 0.717) is 29.8 Å². The second-order valence-electron chi connectivity index (χ2n) is 7.52. The van der Waals surface area contributed by atoms with Gasteiger partial charge in [-0.3, -0.25) is 4.79 Å². The number of rotatable bonds is 6. The fraction of sp³-hybridized carbons (Fsp3) is 0.684. The molecule has 2 heterocycles. The summed E-state index contributed by atoms with van der Waals surface area (Å²) in [6.45, 7) is 3.36. The molecule has 0 spiro atoms. The zero-order valence-corrected chi connectivity index (χ0v) is 17.5. The molecule has 2 fully saturated rings. The van der Waals surface area contributed by atoms with Gasteiger partial charge in [-0.2, -0.15) is 4.31 Å². The van der Waals surface area contributed by atoms with E-state index in [4.69, 9.17) is 0 Å². The van der Waals surface area contributed by atoms with Crippen LogP contribution in [0.4, 0.5) is 0 Å². The quantitative estimate of drug-likeness (QED) is 0.728. The van der Waals surface area contributed by atoms with Gasteiger partial charge >= 0.3 is 0 Å². The Kier molecular flexibility index (Phi) is 7.16. The van der Waals surface area contributed by atoms with Crippen LogP contribution in [0.2, 0.25) is 0 Å². The van der Waals surface area contributed by atoms with E-state index in [9.17, 15) is 13.2 Å². The highest BCUT2D eigenvalue weighted by Gasteiger charge is 2.26. The van der Waals surface area contributed by atoms with E-state index in [1.165, 1.54) is 37.2 Å². The van der Waals surface area contributed by atoms with Crippen LogP contribution in [0, 0.1) is 5.92 Å². The molecule has 150 valence electrons. The minimum Gasteiger partial charge on any atom is -0.352 e. The van der Waals surface area contributed by atoms with Crippen LogP contribution >= 0.6 is 11.8 Å². The fourth-order valence-electron chi connectivity index (χ4n) is 3.78. The van der Waals surface area contributed by atoms with Crippen molar-refractivity contribution in [3.05, 3.63) is 18.3 Å². The number of carbonyl (C=O) groups is 1. The van der Waals surface area contributed by atoms with Gasteiger partial charge in [-0.25, -0.2) is 13.4 Å². The van der Waals surface area contributed by atoms with Gasteiger partial charge in [0.15, 0.2) is 0 Å². The molecule has 1 saturated heterocycles. The van der Waals surface area contributed by atoms with Crippen molar-refractivity contribution in [3.63, 3.8) is 0 Å². The second kappa shape index (κ2) is 9.39. The molecule has 2 aliphatic rings. The lowest BCUT2D eigenvalue weighted by molar-refractivity contribution is -0.119. The summed E-state index contributed by atoms with van der Waals surface area (Å²) in [4.78, 5) is 16.7. The monoisotopic (exact) mass is 411 g/mol. The van der Waals surface area contributed by atoms with Gasteiger partial charge in [0.05, 0.1) is 10.8 Å². The standard InChI is InChI=1S/C19H29N3O3S2/c1-15-7-3-4-8-17(15)21-18(23)14-26-19-10-9-16(13-20-19)27(24,25)22-11-5-2-6-12-22/h9-10,13,15,17H,2-8,11-12,14H2,1H3,(H,21,23). The molecule has 1 amide bonds. The van der Waals surface area contributed by atoms with Crippen LogP contribution in [0.3, 0.4) is 0 Å².